The van der Waals surface area contributed by atoms with Gasteiger partial charge in [0.05, 0.1) is 23.0 Å². The van der Waals surface area contributed by atoms with E-state index in [9.17, 15) is 27.3 Å². The van der Waals surface area contributed by atoms with Gasteiger partial charge < -0.3 is 10.3 Å². The second-order valence-electron chi connectivity index (χ2n) is 7.50. The zero-order valence-corrected chi connectivity index (χ0v) is 17.1. The molecule has 0 radical (unpaired) electrons. The number of aromatic amines is 1. The molecule has 2 aromatic heterocycles. The fourth-order valence-corrected chi connectivity index (χ4v) is 4.57. The summed E-state index contributed by atoms with van der Waals surface area (Å²) in [7, 11) is -4.03. The van der Waals surface area contributed by atoms with E-state index in [-0.39, 0.29) is 17.1 Å². The maximum atomic E-state index is 12.9. The van der Waals surface area contributed by atoms with Crippen molar-refractivity contribution in [3.8, 4) is 6.07 Å². The molecule has 0 aliphatic heterocycles. The van der Waals surface area contributed by atoms with Crippen LogP contribution in [0.15, 0.2) is 35.6 Å². The van der Waals surface area contributed by atoms with E-state index in [4.69, 9.17) is 0 Å². The van der Waals surface area contributed by atoms with E-state index in [2.05, 4.69) is 26.2 Å². The number of amides is 1. The first-order valence-electron chi connectivity index (χ1n) is 9.31. The molecule has 9 nitrogen and oxygen atoms in total. The van der Waals surface area contributed by atoms with E-state index >= 15 is 0 Å². The number of nitrogens with one attached hydrogen (secondary N) is 3. The molecule has 0 saturated heterocycles. The fraction of sp³-hybridized carbons (Fsp3) is 0.316. The Balaban J connectivity index is 1.48. The summed E-state index contributed by atoms with van der Waals surface area (Å²) in [5.74, 6) is -3.28. The summed E-state index contributed by atoms with van der Waals surface area (Å²) in [6.07, 6.45) is 2.97. The van der Waals surface area contributed by atoms with E-state index < -0.39 is 40.7 Å². The number of halogens is 2. The number of nitriles is 1. The van der Waals surface area contributed by atoms with Crippen molar-refractivity contribution in [3.63, 3.8) is 0 Å². The van der Waals surface area contributed by atoms with Crippen LogP contribution in [-0.2, 0) is 21.4 Å². The van der Waals surface area contributed by atoms with E-state index in [1.165, 1.54) is 12.4 Å². The van der Waals surface area contributed by atoms with Gasteiger partial charge in [-0.25, -0.2) is 17.2 Å². The third-order valence-corrected chi connectivity index (χ3v) is 6.41. The maximum absolute atomic E-state index is 12.9. The van der Waals surface area contributed by atoms with Crippen molar-refractivity contribution in [2.24, 2.45) is 0 Å². The van der Waals surface area contributed by atoms with Crippen molar-refractivity contribution in [1.82, 2.24) is 20.1 Å². The van der Waals surface area contributed by atoms with Crippen molar-refractivity contribution in [2.45, 2.75) is 43.2 Å². The summed E-state index contributed by atoms with van der Waals surface area (Å²) in [5, 5.41) is 16.2. The number of benzene rings is 1. The number of aryl methyl sites for hydroxylation is 1. The third-order valence-electron chi connectivity index (χ3n) is 5.09. The Morgan fingerprint density at radius 2 is 2.16 bits per heavy atom. The molecule has 31 heavy (non-hydrogen) atoms. The van der Waals surface area contributed by atoms with Gasteiger partial charge in [-0.15, -0.1) is 0 Å². The minimum absolute atomic E-state index is 0.170. The topological polar surface area (TPSA) is 133 Å². The van der Waals surface area contributed by atoms with Gasteiger partial charge in [0.15, 0.2) is 0 Å². The highest BCUT2D eigenvalue weighted by molar-refractivity contribution is 7.92. The second-order valence-corrected chi connectivity index (χ2v) is 9.18. The number of alkyl halides is 2. The SMILES string of the molecule is Cc1ccc(NS(=O)(=O)c2cnn(CC(=O)NC3CC(F)(F)C3)c2)c2[nH]cc(C#N)c12. The Kier molecular flexibility index (Phi) is 4.93. The van der Waals surface area contributed by atoms with Crippen molar-refractivity contribution < 1.29 is 22.0 Å². The van der Waals surface area contributed by atoms with Crippen molar-refractivity contribution in [1.29, 1.82) is 5.26 Å². The van der Waals surface area contributed by atoms with Crippen LogP contribution in [0.5, 0.6) is 0 Å². The molecule has 1 saturated carbocycles. The number of sulfonamides is 1. The van der Waals surface area contributed by atoms with Crippen LogP contribution in [0.2, 0.25) is 0 Å². The number of aromatic nitrogens is 3. The van der Waals surface area contributed by atoms with Crippen LogP contribution in [0.25, 0.3) is 10.9 Å². The molecule has 3 aromatic rings. The van der Waals surface area contributed by atoms with E-state index in [0.717, 1.165) is 16.4 Å². The molecular formula is C19H18F2N6O3S. The van der Waals surface area contributed by atoms with Gasteiger partial charge in [-0.1, -0.05) is 6.07 Å². The minimum atomic E-state index is -4.03. The number of carbonyl (C=O) groups excluding carboxylic acids is 1. The highest BCUT2D eigenvalue weighted by atomic mass is 32.2. The number of anilines is 1. The van der Waals surface area contributed by atoms with Gasteiger partial charge >= 0.3 is 0 Å². The smallest absolute Gasteiger partial charge is 0.265 e. The van der Waals surface area contributed by atoms with E-state index in [0.29, 0.717) is 16.5 Å². The van der Waals surface area contributed by atoms with E-state index in [1.54, 1.807) is 12.1 Å². The Morgan fingerprint density at radius 3 is 2.84 bits per heavy atom. The molecule has 1 amide bonds. The van der Waals surface area contributed by atoms with Gasteiger partial charge in [0.25, 0.3) is 15.9 Å². The minimum Gasteiger partial charge on any atom is -0.358 e. The summed E-state index contributed by atoms with van der Waals surface area (Å²) in [6.45, 7) is 1.52. The third kappa shape index (κ3) is 4.09. The van der Waals surface area contributed by atoms with E-state index in [1.807, 2.05) is 6.92 Å². The molecule has 2 heterocycles. The number of nitrogens with zero attached hydrogens (tertiary/aromatic N) is 3. The predicted octanol–water partition coefficient (Wildman–Crippen LogP) is 2.26. The number of carbonyl (C=O) groups is 1. The normalized spacial score (nSPS) is 15.9. The Hall–Kier alpha value is -3.46. The van der Waals surface area contributed by atoms with Gasteiger partial charge in [-0.3, -0.25) is 14.2 Å². The molecule has 0 atom stereocenters. The zero-order chi connectivity index (χ0) is 22.4. The zero-order valence-electron chi connectivity index (χ0n) is 16.3. The van der Waals surface area contributed by atoms with Crippen molar-refractivity contribution in [3.05, 3.63) is 41.9 Å². The largest absolute Gasteiger partial charge is 0.358 e. The molecule has 0 bridgehead atoms. The summed E-state index contributed by atoms with van der Waals surface area (Å²) in [5.41, 5.74) is 1.96. The average molecular weight is 448 g/mol. The molecule has 1 aromatic carbocycles. The second kappa shape index (κ2) is 7.35. The number of H-pyrrole nitrogens is 1. The maximum Gasteiger partial charge on any atom is 0.265 e. The Bertz CT molecular complexity index is 1310. The van der Waals surface area contributed by atoms with Gasteiger partial charge in [-0.2, -0.15) is 10.4 Å². The molecule has 3 N–H and O–H groups in total. The van der Waals surface area contributed by atoms with Gasteiger partial charge in [0.2, 0.25) is 5.91 Å². The van der Waals surface area contributed by atoms with Crippen LogP contribution in [0, 0.1) is 18.3 Å². The molecule has 1 aliphatic carbocycles. The number of hydrogen-bond acceptors (Lipinski definition) is 5. The summed E-state index contributed by atoms with van der Waals surface area (Å²) in [4.78, 5) is 14.7. The molecule has 12 heteroatoms. The van der Waals surface area contributed by atoms with Crippen LogP contribution in [0.4, 0.5) is 14.5 Å². The molecule has 1 fully saturated rings. The summed E-state index contributed by atoms with van der Waals surface area (Å²) >= 11 is 0. The lowest BCUT2D eigenvalue weighted by atomic mass is 9.88. The van der Waals surface area contributed by atoms with Crippen LogP contribution < -0.4 is 10.0 Å². The summed E-state index contributed by atoms with van der Waals surface area (Å²) in [6, 6.07) is 4.75. The summed E-state index contributed by atoms with van der Waals surface area (Å²) < 4.78 is 54.9. The number of hydrogen-bond donors (Lipinski definition) is 3. The molecule has 0 unspecified atom stereocenters. The standard InChI is InChI=1S/C19H18F2N6O3S/c1-11-2-3-15(18-17(11)12(6-22)7-23-18)26-31(29,30)14-8-24-27(9-14)10-16(28)25-13-4-19(20,21)5-13/h2-3,7-9,13,23,26H,4-5,10H2,1H3,(H,25,28). The van der Waals surface area contributed by atoms with Crippen LogP contribution >= 0.6 is 0 Å². The first kappa shape index (κ1) is 20.8. The Labute approximate surface area is 176 Å². The Morgan fingerprint density at radius 1 is 1.42 bits per heavy atom. The average Bonchev–Trinajstić information content (AvgIpc) is 3.30. The lowest BCUT2D eigenvalue weighted by molar-refractivity contribution is -0.129. The van der Waals surface area contributed by atoms with Crippen LogP contribution in [0.1, 0.15) is 24.0 Å². The first-order valence-corrected chi connectivity index (χ1v) is 10.8. The number of rotatable bonds is 6. The lowest BCUT2D eigenvalue weighted by Gasteiger charge is -2.35. The fourth-order valence-electron chi connectivity index (χ4n) is 3.55. The van der Waals surface area contributed by atoms with Crippen molar-refractivity contribution >= 4 is 32.5 Å². The van der Waals surface area contributed by atoms with Crippen molar-refractivity contribution in [2.75, 3.05) is 4.72 Å². The first-order chi connectivity index (χ1) is 14.6. The monoisotopic (exact) mass is 448 g/mol. The van der Waals surface area contributed by atoms with Gasteiger partial charge in [-0.05, 0) is 18.6 Å². The highest BCUT2D eigenvalue weighted by Gasteiger charge is 2.45. The molecule has 1 aliphatic rings. The quantitative estimate of drug-likeness (QED) is 0.532. The van der Waals surface area contributed by atoms with Crippen LogP contribution in [0.3, 0.4) is 0 Å². The lowest BCUT2D eigenvalue weighted by Crippen LogP contribution is -2.51. The number of fused-ring (bicyclic) bond motifs is 1. The van der Waals surface area contributed by atoms with Gasteiger partial charge in [0.1, 0.15) is 17.5 Å². The molecular weight excluding hydrogens is 430 g/mol. The highest BCUT2D eigenvalue weighted by Crippen LogP contribution is 2.37. The van der Waals surface area contributed by atoms with Crippen LogP contribution in [-0.4, -0.2) is 41.1 Å². The molecule has 162 valence electrons. The van der Waals surface area contributed by atoms with Gasteiger partial charge in [0, 0.05) is 36.7 Å². The predicted molar refractivity (Wildman–Crippen MR) is 107 cm³/mol. The molecule has 0 spiro atoms. The molecule has 4 rings (SSSR count).